The first-order valence-electron chi connectivity index (χ1n) is 4.03. The average Bonchev–Trinajstić information content (AvgIpc) is 2.64. The molecule has 0 radical (unpaired) electrons. The van der Waals surface area contributed by atoms with Gasteiger partial charge in [0.1, 0.15) is 0 Å². The van der Waals surface area contributed by atoms with Gasteiger partial charge in [0, 0.05) is 12.1 Å². The molecule has 1 aliphatic carbocycles. The van der Waals surface area contributed by atoms with Gasteiger partial charge in [0.25, 0.3) is 0 Å². The summed E-state index contributed by atoms with van der Waals surface area (Å²) in [6.07, 6.45) is 3.54. The Morgan fingerprint density at radius 2 is 2.20 bits per heavy atom. The summed E-state index contributed by atoms with van der Waals surface area (Å²) in [5.74, 6) is 0. The lowest BCUT2D eigenvalue weighted by Gasteiger charge is -2.19. The minimum absolute atomic E-state index is 0.683. The van der Waals surface area contributed by atoms with Crippen molar-refractivity contribution in [2.45, 2.75) is 39.3 Å². The lowest BCUT2D eigenvalue weighted by Crippen LogP contribution is -2.28. The SMILES string of the molecule is C/C=C1\CC1N(C)C(C)C. The second-order valence-electron chi connectivity index (χ2n) is 3.34. The van der Waals surface area contributed by atoms with Crippen LogP contribution in [0.3, 0.4) is 0 Å². The quantitative estimate of drug-likeness (QED) is 0.529. The van der Waals surface area contributed by atoms with Crippen LogP contribution >= 0.6 is 0 Å². The third-order valence-corrected chi connectivity index (χ3v) is 2.37. The molecule has 1 unspecified atom stereocenters. The van der Waals surface area contributed by atoms with Gasteiger partial charge >= 0.3 is 0 Å². The molecule has 10 heavy (non-hydrogen) atoms. The molecule has 1 nitrogen and oxygen atoms in total. The zero-order chi connectivity index (χ0) is 7.72. The van der Waals surface area contributed by atoms with E-state index in [9.17, 15) is 0 Å². The van der Waals surface area contributed by atoms with E-state index in [-0.39, 0.29) is 0 Å². The Hall–Kier alpha value is -0.300. The van der Waals surface area contributed by atoms with Gasteiger partial charge in [-0.15, -0.1) is 0 Å². The predicted molar refractivity (Wildman–Crippen MR) is 45.1 cm³/mol. The van der Waals surface area contributed by atoms with Gasteiger partial charge in [-0.3, -0.25) is 4.90 Å². The molecule has 1 atom stereocenters. The highest BCUT2D eigenvalue weighted by molar-refractivity contribution is 5.28. The lowest BCUT2D eigenvalue weighted by atomic mass is 10.3. The fourth-order valence-corrected chi connectivity index (χ4v) is 1.24. The molecule has 1 heteroatoms. The number of nitrogens with zero attached hydrogens (tertiary/aromatic N) is 1. The molecule has 0 aromatic heterocycles. The van der Waals surface area contributed by atoms with E-state index in [0.717, 1.165) is 6.04 Å². The van der Waals surface area contributed by atoms with Crippen LogP contribution in [0.15, 0.2) is 11.6 Å². The summed E-state index contributed by atoms with van der Waals surface area (Å²) in [7, 11) is 2.20. The minimum atomic E-state index is 0.683. The average molecular weight is 139 g/mol. The van der Waals surface area contributed by atoms with Crippen LogP contribution in [-0.4, -0.2) is 24.0 Å². The molecule has 1 saturated carbocycles. The Labute approximate surface area is 63.7 Å². The van der Waals surface area contributed by atoms with E-state index < -0.39 is 0 Å². The largest absolute Gasteiger partial charge is 0.297 e. The van der Waals surface area contributed by atoms with Crippen LogP contribution in [0.2, 0.25) is 0 Å². The van der Waals surface area contributed by atoms with Crippen molar-refractivity contribution in [3.63, 3.8) is 0 Å². The number of allylic oxidation sites excluding steroid dienone is 1. The van der Waals surface area contributed by atoms with Crippen molar-refractivity contribution in [1.82, 2.24) is 4.90 Å². The smallest absolute Gasteiger partial charge is 0.0345 e. The fraction of sp³-hybridized carbons (Fsp3) is 0.778. The highest BCUT2D eigenvalue weighted by Crippen LogP contribution is 2.34. The normalized spacial score (nSPS) is 28.6. The number of hydrogen-bond acceptors (Lipinski definition) is 1. The van der Waals surface area contributed by atoms with Crippen LogP contribution in [0.25, 0.3) is 0 Å². The first-order chi connectivity index (χ1) is 4.66. The van der Waals surface area contributed by atoms with Crippen LogP contribution in [0.1, 0.15) is 27.2 Å². The minimum Gasteiger partial charge on any atom is -0.297 e. The molecule has 0 heterocycles. The Balaban J connectivity index is 2.39. The zero-order valence-corrected chi connectivity index (χ0v) is 7.39. The van der Waals surface area contributed by atoms with Gasteiger partial charge in [0.2, 0.25) is 0 Å². The maximum Gasteiger partial charge on any atom is 0.0345 e. The molecule has 0 bridgehead atoms. The van der Waals surface area contributed by atoms with E-state index in [1.54, 1.807) is 5.57 Å². The van der Waals surface area contributed by atoms with Crippen molar-refractivity contribution >= 4 is 0 Å². The van der Waals surface area contributed by atoms with E-state index in [1.165, 1.54) is 6.42 Å². The zero-order valence-electron chi connectivity index (χ0n) is 7.39. The Morgan fingerprint density at radius 3 is 2.50 bits per heavy atom. The molecule has 1 aliphatic rings. The Bertz CT molecular complexity index is 147. The van der Waals surface area contributed by atoms with Crippen molar-refractivity contribution in [3.8, 4) is 0 Å². The van der Waals surface area contributed by atoms with Gasteiger partial charge in [0.05, 0.1) is 0 Å². The van der Waals surface area contributed by atoms with Gasteiger partial charge < -0.3 is 0 Å². The van der Waals surface area contributed by atoms with Gasteiger partial charge in [-0.2, -0.15) is 0 Å². The number of hydrogen-bond donors (Lipinski definition) is 0. The van der Waals surface area contributed by atoms with Crippen LogP contribution in [0, 0.1) is 0 Å². The molecule has 0 aromatic rings. The van der Waals surface area contributed by atoms with Gasteiger partial charge in [-0.25, -0.2) is 0 Å². The van der Waals surface area contributed by atoms with Crippen molar-refractivity contribution in [3.05, 3.63) is 11.6 Å². The van der Waals surface area contributed by atoms with Crippen LogP contribution in [-0.2, 0) is 0 Å². The highest BCUT2D eigenvalue weighted by atomic mass is 15.2. The summed E-state index contributed by atoms with van der Waals surface area (Å²) in [6.45, 7) is 6.61. The molecule has 1 rings (SSSR count). The second kappa shape index (κ2) is 2.75. The summed E-state index contributed by atoms with van der Waals surface area (Å²) in [5, 5.41) is 0. The second-order valence-corrected chi connectivity index (χ2v) is 3.34. The summed E-state index contributed by atoms with van der Waals surface area (Å²) < 4.78 is 0. The third kappa shape index (κ3) is 1.40. The number of likely N-dealkylation sites (N-methyl/N-ethyl adjacent to an activating group) is 1. The molecule has 0 saturated heterocycles. The van der Waals surface area contributed by atoms with Crippen LogP contribution in [0.4, 0.5) is 0 Å². The summed E-state index contributed by atoms with van der Waals surface area (Å²) in [6, 6.07) is 1.45. The highest BCUT2D eigenvalue weighted by Gasteiger charge is 2.33. The molecule has 1 fully saturated rings. The standard InChI is InChI=1S/C9H17N/c1-5-8-6-9(8)10(4)7(2)3/h5,7,9H,6H2,1-4H3/b8-5+. The Kier molecular flexibility index (Phi) is 2.14. The van der Waals surface area contributed by atoms with Gasteiger partial charge in [-0.05, 0) is 34.2 Å². The number of rotatable bonds is 2. The maximum atomic E-state index is 2.43. The van der Waals surface area contributed by atoms with E-state index in [1.807, 2.05) is 0 Å². The molecular formula is C9H17N. The predicted octanol–water partition coefficient (Wildman–Crippen LogP) is 2.05. The molecule has 0 amide bonds. The molecule has 58 valence electrons. The van der Waals surface area contributed by atoms with Gasteiger partial charge in [0.15, 0.2) is 0 Å². The molecule has 0 N–H and O–H groups in total. The summed E-state index contributed by atoms with van der Waals surface area (Å²) >= 11 is 0. The van der Waals surface area contributed by atoms with Crippen molar-refractivity contribution in [2.24, 2.45) is 0 Å². The third-order valence-electron chi connectivity index (χ3n) is 2.37. The maximum absolute atomic E-state index is 2.43. The van der Waals surface area contributed by atoms with E-state index in [0.29, 0.717) is 6.04 Å². The van der Waals surface area contributed by atoms with Crippen LogP contribution < -0.4 is 0 Å². The molecule has 0 aromatic carbocycles. The van der Waals surface area contributed by atoms with E-state index in [4.69, 9.17) is 0 Å². The topological polar surface area (TPSA) is 3.24 Å². The first kappa shape index (κ1) is 7.80. The summed E-state index contributed by atoms with van der Waals surface area (Å²) in [5.41, 5.74) is 1.61. The van der Waals surface area contributed by atoms with Crippen molar-refractivity contribution < 1.29 is 0 Å². The monoisotopic (exact) mass is 139 g/mol. The first-order valence-corrected chi connectivity index (χ1v) is 4.03. The van der Waals surface area contributed by atoms with Gasteiger partial charge in [-0.1, -0.05) is 11.6 Å². The van der Waals surface area contributed by atoms with E-state index in [2.05, 4.69) is 38.8 Å². The van der Waals surface area contributed by atoms with Crippen LogP contribution in [0.5, 0.6) is 0 Å². The van der Waals surface area contributed by atoms with Crippen molar-refractivity contribution in [2.75, 3.05) is 7.05 Å². The van der Waals surface area contributed by atoms with Crippen molar-refractivity contribution in [1.29, 1.82) is 0 Å². The lowest BCUT2D eigenvalue weighted by molar-refractivity contribution is 0.271. The summed E-state index contributed by atoms with van der Waals surface area (Å²) in [4.78, 5) is 2.43. The molecular weight excluding hydrogens is 122 g/mol. The molecule has 0 aliphatic heterocycles. The van der Waals surface area contributed by atoms with E-state index >= 15 is 0 Å². The Morgan fingerprint density at radius 1 is 1.60 bits per heavy atom. The fourth-order valence-electron chi connectivity index (χ4n) is 1.24. The molecule has 0 spiro atoms.